The van der Waals surface area contributed by atoms with E-state index in [2.05, 4.69) is 37.5 Å². The van der Waals surface area contributed by atoms with E-state index < -0.39 is 6.04 Å². The van der Waals surface area contributed by atoms with Gasteiger partial charge in [-0.3, -0.25) is 9.69 Å². The van der Waals surface area contributed by atoms with Crippen LogP contribution in [0.1, 0.15) is 34.1 Å². The topological polar surface area (TPSA) is 88.9 Å². The van der Waals surface area contributed by atoms with Crippen molar-refractivity contribution in [2.75, 3.05) is 20.3 Å². The quantitative estimate of drug-likeness (QED) is 0.274. The zero-order valence-electron chi connectivity index (χ0n) is 22.0. The first-order valence-electron chi connectivity index (χ1n) is 12.9. The molecular weight excluding hydrogens is 495 g/mol. The molecule has 1 N–H and O–H groups in total. The molecule has 8 nitrogen and oxygen atoms in total. The summed E-state index contributed by atoms with van der Waals surface area (Å²) in [6.45, 7) is 3.94. The van der Waals surface area contributed by atoms with Gasteiger partial charge in [-0.05, 0) is 70.6 Å². The Morgan fingerprint density at radius 1 is 1.03 bits per heavy atom. The molecule has 5 rings (SSSR count). The summed E-state index contributed by atoms with van der Waals surface area (Å²) < 4.78 is 20.7. The molecule has 0 saturated carbocycles. The molecule has 0 fully saturated rings. The second kappa shape index (κ2) is 12.1. The van der Waals surface area contributed by atoms with Crippen LogP contribution >= 0.6 is 0 Å². The summed E-state index contributed by atoms with van der Waals surface area (Å²) in [6.07, 6.45) is 0.739. The molecule has 39 heavy (non-hydrogen) atoms. The van der Waals surface area contributed by atoms with Crippen LogP contribution in [0.3, 0.4) is 0 Å². The summed E-state index contributed by atoms with van der Waals surface area (Å²) >= 11 is 0. The third kappa shape index (κ3) is 6.27. The van der Waals surface area contributed by atoms with Gasteiger partial charge >= 0.3 is 0 Å². The maximum absolute atomic E-state index is 13.7. The number of halogens is 1. The van der Waals surface area contributed by atoms with Gasteiger partial charge in [0.1, 0.15) is 11.9 Å². The van der Waals surface area contributed by atoms with Gasteiger partial charge < -0.3 is 9.72 Å². The number of benzene rings is 3. The highest BCUT2D eigenvalue weighted by Crippen LogP contribution is 2.29. The lowest BCUT2D eigenvalue weighted by atomic mass is 10.0. The average Bonchev–Trinajstić information content (AvgIpc) is 3.40. The number of rotatable bonds is 11. The van der Waals surface area contributed by atoms with Crippen LogP contribution in [-0.2, 0) is 24.2 Å². The van der Waals surface area contributed by atoms with Crippen molar-refractivity contribution in [2.24, 2.45) is 0 Å². The van der Waals surface area contributed by atoms with E-state index in [0.29, 0.717) is 37.6 Å². The van der Waals surface area contributed by atoms with E-state index in [4.69, 9.17) is 4.74 Å². The molecule has 0 amide bonds. The Bertz CT molecular complexity index is 1580. The van der Waals surface area contributed by atoms with Gasteiger partial charge in [0.25, 0.3) is 5.56 Å². The molecule has 0 spiro atoms. The first-order chi connectivity index (χ1) is 19.0. The van der Waals surface area contributed by atoms with Crippen LogP contribution in [0.25, 0.3) is 10.9 Å². The fourth-order valence-electron chi connectivity index (χ4n) is 4.83. The Kier molecular flexibility index (Phi) is 8.19. The number of aromatic amines is 1. The third-order valence-corrected chi connectivity index (χ3v) is 6.83. The van der Waals surface area contributed by atoms with Gasteiger partial charge in [-0.1, -0.05) is 54.1 Å². The summed E-state index contributed by atoms with van der Waals surface area (Å²) in [6, 6.07) is 23.9. The molecule has 0 aliphatic heterocycles. The van der Waals surface area contributed by atoms with Crippen LogP contribution in [-0.4, -0.2) is 50.4 Å². The molecule has 5 aromatic rings. The fraction of sp³-hybridized carbons (Fsp3) is 0.267. The number of pyridine rings is 1. The normalized spacial score (nSPS) is 12.3. The molecule has 0 saturated heterocycles. The molecule has 200 valence electrons. The van der Waals surface area contributed by atoms with Gasteiger partial charge in [0.15, 0.2) is 5.82 Å². The van der Waals surface area contributed by atoms with Gasteiger partial charge in [-0.2, -0.15) is 0 Å². The number of methoxy groups -OCH3 is 1. The predicted octanol–water partition coefficient (Wildman–Crippen LogP) is 4.44. The molecule has 0 radical (unpaired) electrons. The number of hydrogen-bond acceptors (Lipinski definition) is 6. The van der Waals surface area contributed by atoms with Crippen molar-refractivity contribution in [3.8, 4) is 0 Å². The van der Waals surface area contributed by atoms with Crippen molar-refractivity contribution < 1.29 is 9.13 Å². The molecule has 0 unspecified atom stereocenters. The Balaban J connectivity index is 1.64. The van der Waals surface area contributed by atoms with Crippen molar-refractivity contribution >= 4 is 10.9 Å². The van der Waals surface area contributed by atoms with E-state index >= 15 is 0 Å². The second-order valence-corrected chi connectivity index (χ2v) is 9.63. The van der Waals surface area contributed by atoms with Crippen LogP contribution in [0.5, 0.6) is 0 Å². The number of nitrogens with one attached hydrogen (secondary N) is 1. The highest BCUT2D eigenvalue weighted by Gasteiger charge is 2.30. The lowest BCUT2D eigenvalue weighted by Gasteiger charge is -2.31. The average molecular weight is 527 g/mol. The lowest BCUT2D eigenvalue weighted by Crippen LogP contribution is -2.36. The monoisotopic (exact) mass is 526 g/mol. The zero-order chi connectivity index (χ0) is 27.2. The fourth-order valence-corrected chi connectivity index (χ4v) is 4.83. The molecule has 0 aliphatic rings. The van der Waals surface area contributed by atoms with Crippen LogP contribution in [0, 0.1) is 12.7 Å². The van der Waals surface area contributed by atoms with E-state index in [9.17, 15) is 9.18 Å². The van der Waals surface area contributed by atoms with Gasteiger partial charge in [-0.25, -0.2) is 9.07 Å². The molecule has 9 heteroatoms. The van der Waals surface area contributed by atoms with Crippen molar-refractivity contribution in [1.29, 1.82) is 0 Å². The van der Waals surface area contributed by atoms with Gasteiger partial charge in [-0.15, -0.1) is 5.10 Å². The number of fused-ring (bicyclic) bond motifs is 1. The molecule has 2 aromatic heterocycles. The van der Waals surface area contributed by atoms with Gasteiger partial charge in [0.2, 0.25) is 0 Å². The lowest BCUT2D eigenvalue weighted by molar-refractivity contribution is 0.172. The number of H-pyrrole nitrogens is 1. The maximum atomic E-state index is 13.7. The Morgan fingerprint density at radius 2 is 1.82 bits per heavy atom. The van der Waals surface area contributed by atoms with Gasteiger partial charge in [0, 0.05) is 31.3 Å². The minimum Gasteiger partial charge on any atom is -0.383 e. The minimum absolute atomic E-state index is 0.207. The number of ether oxygens (including phenoxy) is 1. The molecule has 3 aromatic carbocycles. The number of nitrogens with zero attached hydrogens (tertiary/aromatic N) is 5. The summed E-state index contributed by atoms with van der Waals surface area (Å²) in [4.78, 5) is 18.9. The van der Waals surface area contributed by atoms with Crippen molar-refractivity contribution in [1.82, 2.24) is 30.1 Å². The van der Waals surface area contributed by atoms with Crippen LogP contribution < -0.4 is 5.56 Å². The largest absolute Gasteiger partial charge is 0.383 e. The first kappa shape index (κ1) is 26.4. The SMILES string of the molecule is COCCn1nnnc1[C@@H](c1cc2cc(C)ccc2[nH]c1=O)N(CCc1ccccc1)Cc1ccc(F)cc1. The van der Waals surface area contributed by atoms with Crippen LogP contribution in [0.15, 0.2) is 83.7 Å². The Labute approximate surface area is 226 Å². The summed E-state index contributed by atoms with van der Waals surface area (Å²) in [5, 5.41) is 13.5. The minimum atomic E-state index is -0.570. The van der Waals surface area contributed by atoms with Crippen LogP contribution in [0.2, 0.25) is 0 Å². The molecular formula is C30H31FN6O2. The Morgan fingerprint density at radius 3 is 2.59 bits per heavy atom. The van der Waals surface area contributed by atoms with Crippen molar-refractivity contribution in [3.63, 3.8) is 0 Å². The second-order valence-electron chi connectivity index (χ2n) is 9.63. The van der Waals surface area contributed by atoms with Crippen molar-refractivity contribution in [2.45, 2.75) is 32.5 Å². The number of hydrogen-bond donors (Lipinski definition) is 1. The smallest absolute Gasteiger partial charge is 0.253 e. The van der Waals surface area contributed by atoms with E-state index in [1.54, 1.807) is 23.9 Å². The summed E-state index contributed by atoms with van der Waals surface area (Å²) in [7, 11) is 1.62. The van der Waals surface area contributed by atoms with Gasteiger partial charge in [0.05, 0.1) is 13.2 Å². The predicted molar refractivity (Wildman–Crippen MR) is 148 cm³/mol. The summed E-state index contributed by atoms with van der Waals surface area (Å²) in [5.41, 5.74) is 4.27. The molecule has 0 bridgehead atoms. The van der Waals surface area contributed by atoms with Crippen LogP contribution in [0.4, 0.5) is 4.39 Å². The molecule has 1 atom stereocenters. The zero-order valence-corrected chi connectivity index (χ0v) is 22.0. The maximum Gasteiger partial charge on any atom is 0.253 e. The molecule has 2 heterocycles. The van der Waals surface area contributed by atoms with Crippen molar-refractivity contribution in [3.05, 3.63) is 123 Å². The highest BCUT2D eigenvalue weighted by atomic mass is 19.1. The first-order valence-corrected chi connectivity index (χ1v) is 12.9. The van der Waals surface area contributed by atoms with E-state index in [0.717, 1.165) is 28.5 Å². The van der Waals surface area contributed by atoms with E-state index in [1.165, 1.54) is 17.7 Å². The highest BCUT2D eigenvalue weighted by molar-refractivity contribution is 5.79. The Hall–Kier alpha value is -4.21. The number of tetrazole rings is 1. The number of aromatic nitrogens is 5. The third-order valence-electron chi connectivity index (χ3n) is 6.83. The number of aryl methyl sites for hydroxylation is 1. The van der Waals surface area contributed by atoms with E-state index in [-0.39, 0.29) is 11.4 Å². The molecule has 0 aliphatic carbocycles. The standard InChI is InChI=1S/C30H31FN6O2/c1-21-8-13-27-24(18-21)19-26(30(38)32-27)28(29-33-34-35-37(29)16-17-39-2)36(15-14-22-6-4-3-5-7-22)20-23-9-11-25(31)12-10-23/h3-13,18-19,28H,14-17,20H2,1-2H3,(H,32,38)/t28-/m1/s1. The van der Waals surface area contributed by atoms with E-state index in [1.807, 2.05) is 49.4 Å². The summed E-state index contributed by atoms with van der Waals surface area (Å²) in [5.74, 6) is 0.246.